The van der Waals surface area contributed by atoms with Gasteiger partial charge in [0.05, 0.1) is 6.04 Å². The van der Waals surface area contributed by atoms with E-state index in [1.54, 1.807) is 7.05 Å². The van der Waals surface area contributed by atoms with Gasteiger partial charge in [-0.2, -0.15) is 0 Å². The summed E-state index contributed by atoms with van der Waals surface area (Å²) >= 11 is 5.07. The number of allylic oxidation sites excluding steroid dienone is 4. The number of fused-ring (bicyclic) bond motifs is 2. The number of aliphatic imine (C=N–C) groups is 1. The lowest BCUT2D eigenvalue weighted by atomic mass is 9.82. The van der Waals surface area contributed by atoms with Crippen LogP contribution in [-0.2, 0) is 0 Å². The zero-order valence-electron chi connectivity index (χ0n) is 12.3. The fraction of sp³-hybridized carbons (Fsp3) is 0.375. The van der Waals surface area contributed by atoms with Gasteiger partial charge in [-0.3, -0.25) is 0 Å². The first-order chi connectivity index (χ1) is 10.1. The summed E-state index contributed by atoms with van der Waals surface area (Å²) in [5.41, 5.74) is 9.90. The Balaban J connectivity index is 1.93. The van der Waals surface area contributed by atoms with E-state index in [1.165, 1.54) is 11.3 Å². The van der Waals surface area contributed by atoms with Crippen LogP contribution in [0.15, 0.2) is 52.2 Å². The van der Waals surface area contributed by atoms with E-state index in [0.717, 1.165) is 12.0 Å². The largest absolute Gasteiger partial charge is 0.383 e. The number of hydrogen-bond donors (Lipinski definition) is 3. The highest BCUT2D eigenvalue weighted by Crippen LogP contribution is 2.39. The van der Waals surface area contributed by atoms with Crippen molar-refractivity contribution < 1.29 is 0 Å². The normalized spacial score (nSPS) is 30.5. The molecule has 3 atom stereocenters. The average Bonchev–Trinajstić information content (AvgIpc) is 2.83. The second kappa shape index (κ2) is 5.48. The fourth-order valence-corrected chi connectivity index (χ4v) is 3.27. The van der Waals surface area contributed by atoms with E-state index in [4.69, 9.17) is 18.0 Å². The summed E-state index contributed by atoms with van der Waals surface area (Å²) in [5, 5.41) is 6.87. The molecule has 0 aromatic carbocycles. The molecule has 110 valence electrons. The maximum atomic E-state index is 6.15. The van der Waals surface area contributed by atoms with E-state index in [2.05, 4.69) is 52.9 Å². The Bertz CT molecular complexity index is 624. The summed E-state index contributed by atoms with van der Waals surface area (Å²) in [7, 11) is 1.75. The van der Waals surface area contributed by atoms with E-state index in [1.807, 2.05) is 0 Å². The first kappa shape index (κ1) is 14.1. The summed E-state index contributed by atoms with van der Waals surface area (Å²) in [6.45, 7) is 2.18. The third-order valence-electron chi connectivity index (χ3n) is 4.27. The minimum atomic E-state index is 0.341. The summed E-state index contributed by atoms with van der Waals surface area (Å²) in [5.74, 6) is 1.26. The topological polar surface area (TPSA) is 62.4 Å². The Hall–Kier alpha value is -1.88. The zero-order valence-corrected chi connectivity index (χ0v) is 13.1. The predicted molar refractivity (Wildman–Crippen MR) is 90.9 cm³/mol. The van der Waals surface area contributed by atoms with Crippen LogP contribution < -0.4 is 16.4 Å². The van der Waals surface area contributed by atoms with Gasteiger partial charge in [0.1, 0.15) is 5.84 Å². The summed E-state index contributed by atoms with van der Waals surface area (Å²) in [4.78, 5) is 4.26. The van der Waals surface area contributed by atoms with Crippen LogP contribution in [0.5, 0.6) is 0 Å². The maximum absolute atomic E-state index is 6.15. The van der Waals surface area contributed by atoms with E-state index in [9.17, 15) is 0 Å². The van der Waals surface area contributed by atoms with Crippen LogP contribution in [0.3, 0.4) is 0 Å². The highest BCUT2D eigenvalue weighted by Gasteiger charge is 2.35. The number of nitrogens with two attached hydrogens (primary N) is 1. The van der Waals surface area contributed by atoms with Crippen molar-refractivity contribution in [1.29, 1.82) is 0 Å². The molecule has 0 saturated carbocycles. The number of nitrogens with zero attached hydrogens (tertiary/aromatic N) is 1. The second-order valence-electron chi connectivity index (χ2n) is 5.66. The lowest BCUT2D eigenvalue weighted by Crippen LogP contribution is -2.28. The molecule has 0 saturated heterocycles. The van der Waals surface area contributed by atoms with Gasteiger partial charge in [-0.15, -0.1) is 0 Å². The van der Waals surface area contributed by atoms with Crippen molar-refractivity contribution in [1.82, 2.24) is 10.6 Å². The van der Waals surface area contributed by atoms with Gasteiger partial charge < -0.3 is 16.4 Å². The first-order valence-corrected chi connectivity index (χ1v) is 7.63. The Morgan fingerprint density at radius 2 is 2.19 bits per heavy atom. The third kappa shape index (κ3) is 2.53. The van der Waals surface area contributed by atoms with Gasteiger partial charge in [0.2, 0.25) is 0 Å². The number of rotatable bonds is 1. The van der Waals surface area contributed by atoms with Crippen molar-refractivity contribution in [2.75, 3.05) is 7.05 Å². The van der Waals surface area contributed by atoms with Crippen molar-refractivity contribution in [3.05, 3.63) is 47.2 Å². The molecule has 4 nitrogen and oxygen atoms in total. The first-order valence-electron chi connectivity index (χ1n) is 7.22. The van der Waals surface area contributed by atoms with Crippen LogP contribution in [0.2, 0.25) is 0 Å². The zero-order chi connectivity index (χ0) is 15.0. The molecule has 1 heterocycles. The standard InChI is InChI=1S/C16H20N4S/c1-9-7-14-12(10-5-3-4-6-13(10)19-14)8-11(9)15(17)20-16(21)18-2/h3-6,8-10,13,19H,7H2,1-2H3,(H3,17,18,20,21). The molecular weight excluding hydrogens is 280 g/mol. The Morgan fingerprint density at radius 3 is 2.95 bits per heavy atom. The average molecular weight is 300 g/mol. The van der Waals surface area contributed by atoms with Crippen molar-refractivity contribution in [2.45, 2.75) is 19.4 Å². The molecule has 3 aliphatic rings. The minimum absolute atomic E-state index is 0.341. The monoisotopic (exact) mass is 300 g/mol. The Kier molecular flexibility index (Phi) is 3.68. The van der Waals surface area contributed by atoms with Gasteiger partial charge in [0.25, 0.3) is 0 Å². The summed E-state index contributed by atoms with van der Waals surface area (Å²) in [6.07, 6.45) is 11.8. The molecule has 1 aliphatic heterocycles. The van der Waals surface area contributed by atoms with Crippen molar-refractivity contribution >= 4 is 23.2 Å². The molecule has 3 unspecified atom stereocenters. The molecule has 4 N–H and O–H groups in total. The molecule has 0 bridgehead atoms. The van der Waals surface area contributed by atoms with Crippen LogP contribution in [0.25, 0.3) is 0 Å². The quantitative estimate of drug-likeness (QED) is 0.392. The molecule has 2 aliphatic carbocycles. The van der Waals surface area contributed by atoms with Crippen molar-refractivity contribution in [2.24, 2.45) is 22.6 Å². The number of nitrogens with one attached hydrogen (secondary N) is 2. The predicted octanol–water partition coefficient (Wildman–Crippen LogP) is 1.78. The number of hydrogen-bond acceptors (Lipinski definition) is 2. The van der Waals surface area contributed by atoms with Gasteiger partial charge in [0.15, 0.2) is 5.11 Å². The molecular formula is C16H20N4S. The molecule has 0 fully saturated rings. The summed E-state index contributed by atoms with van der Waals surface area (Å²) in [6, 6.07) is 0.374. The van der Waals surface area contributed by atoms with Gasteiger partial charge in [0, 0.05) is 18.7 Å². The molecule has 0 radical (unpaired) electrons. The smallest absolute Gasteiger partial charge is 0.194 e. The SMILES string of the molecule is CNC(=S)N=C(N)C1=CC2=C(CC1C)NC1C=CC=CC21. The maximum Gasteiger partial charge on any atom is 0.194 e. The molecule has 21 heavy (non-hydrogen) atoms. The van der Waals surface area contributed by atoms with Crippen LogP contribution in [0.4, 0.5) is 0 Å². The van der Waals surface area contributed by atoms with E-state index in [0.29, 0.717) is 28.8 Å². The number of thiocarbonyl (C=S) groups is 1. The Morgan fingerprint density at radius 1 is 1.43 bits per heavy atom. The van der Waals surface area contributed by atoms with E-state index < -0.39 is 0 Å². The van der Waals surface area contributed by atoms with Gasteiger partial charge >= 0.3 is 0 Å². The van der Waals surface area contributed by atoms with Crippen LogP contribution in [-0.4, -0.2) is 24.0 Å². The van der Waals surface area contributed by atoms with Gasteiger partial charge in [-0.1, -0.05) is 31.2 Å². The third-order valence-corrected chi connectivity index (χ3v) is 4.56. The fourth-order valence-electron chi connectivity index (χ4n) is 3.17. The van der Waals surface area contributed by atoms with Crippen LogP contribution >= 0.6 is 12.2 Å². The molecule has 0 amide bonds. The minimum Gasteiger partial charge on any atom is -0.383 e. The lowest BCUT2D eigenvalue weighted by molar-refractivity contribution is 0.604. The highest BCUT2D eigenvalue weighted by molar-refractivity contribution is 7.80. The van der Waals surface area contributed by atoms with Crippen LogP contribution in [0, 0.1) is 11.8 Å². The van der Waals surface area contributed by atoms with Crippen molar-refractivity contribution in [3.63, 3.8) is 0 Å². The molecule has 0 aromatic rings. The van der Waals surface area contributed by atoms with E-state index in [-0.39, 0.29) is 0 Å². The highest BCUT2D eigenvalue weighted by atomic mass is 32.1. The summed E-state index contributed by atoms with van der Waals surface area (Å²) < 4.78 is 0. The molecule has 0 spiro atoms. The molecule has 0 aromatic heterocycles. The van der Waals surface area contributed by atoms with Crippen LogP contribution in [0.1, 0.15) is 13.3 Å². The molecule has 5 heteroatoms. The lowest BCUT2D eigenvalue weighted by Gasteiger charge is -2.23. The van der Waals surface area contributed by atoms with Crippen molar-refractivity contribution in [3.8, 4) is 0 Å². The van der Waals surface area contributed by atoms with Gasteiger partial charge in [-0.05, 0) is 41.8 Å². The second-order valence-corrected chi connectivity index (χ2v) is 6.04. The molecule has 3 rings (SSSR count). The van der Waals surface area contributed by atoms with E-state index >= 15 is 0 Å². The van der Waals surface area contributed by atoms with Gasteiger partial charge in [-0.25, -0.2) is 4.99 Å². The Labute approximate surface area is 130 Å². The number of amidine groups is 1.